The van der Waals surface area contributed by atoms with E-state index < -0.39 is 0 Å². The third kappa shape index (κ3) is 2.07. The Morgan fingerprint density at radius 3 is 2.41 bits per heavy atom. The van der Waals surface area contributed by atoms with Crippen LogP contribution in [-0.4, -0.2) is 32.8 Å². The maximum atomic E-state index is 6.07. The first-order valence-corrected chi connectivity index (χ1v) is 7.49. The van der Waals surface area contributed by atoms with Crippen LogP contribution >= 0.6 is 0 Å². The van der Waals surface area contributed by atoms with Crippen LogP contribution in [0.5, 0.6) is 0 Å². The number of benzene rings is 1. The molecule has 0 saturated heterocycles. The molecule has 4 rings (SSSR count). The molecule has 6 nitrogen and oxygen atoms in total. The summed E-state index contributed by atoms with van der Waals surface area (Å²) >= 11 is 0. The van der Waals surface area contributed by atoms with Crippen LogP contribution in [0.4, 0.5) is 11.8 Å². The lowest BCUT2D eigenvalue weighted by molar-refractivity contribution is 0.760. The van der Waals surface area contributed by atoms with Crippen molar-refractivity contribution in [2.75, 3.05) is 23.7 Å². The number of rotatable bonds is 1. The summed E-state index contributed by atoms with van der Waals surface area (Å²) in [6, 6.07) is 8.62. The van der Waals surface area contributed by atoms with Crippen molar-refractivity contribution in [1.29, 1.82) is 0 Å². The van der Waals surface area contributed by atoms with Gasteiger partial charge in [0.25, 0.3) is 0 Å². The maximum absolute atomic E-state index is 6.07. The first-order chi connectivity index (χ1) is 10.7. The molecule has 1 aliphatic heterocycles. The molecular formula is C16H18N6. The monoisotopic (exact) mass is 294 g/mol. The second-order valence-corrected chi connectivity index (χ2v) is 5.67. The average Bonchev–Trinajstić information content (AvgIpc) is 2.78. The number of anilines is 2. The molecule has 2 N–H and O–H groups in total. The molecule has 0 spiro atoms. The lowest BCUT2D eigenvalue weighted by Gasteiger charge is -2.20. The molecule has 0 bridgehead atoms. The molecule has 6 heteroatoms. The van der Waals surface area contributed by atoms with Gasteiger partial charge in [-0.15, -0.1) is 0 Å². The van der Waals surface area contributed by atoms with Crippen molar-refractivity contribution >= 4 is 22.8 Å². The molecule has 0 saturated carbocycles. The zero-order valence-electron chi connectivity index (χ0n) is 12.5. The second kappa shape index (κ2) is 4.98. The Balaban J connectivity index is 1.69. The highest BCUT2D eigenvalue weighted by atomic mass is 15.3. The summed E-state index contributed by atoms with van der Waals surface area (Å²) in [5.41, 5.74) is 9.68. The molecule has 0 unspecified atom stereocenters. The zero-order valence-corrected chi connectivity index (χ0v) is 12.5. The Labute approximate surface area is 128 Å². The normalized spacial score (nSPS) is 14.9. The van der Waals surface area contributed by atoms with Gasteiger partial charge in [0.1, 0.15) is 5.82 Å². The van der Waals surface area contributed by atoms with Crippen molar-refractivity contribution in [3.63, 3.8) is 0 Å². The van der Waals surface area contributed by atoms with Gasteiger partial charge in [-0.3, -0.25) is 4.68 Å². The average molecular weight is 294 g/mol. The smallest absolute Gasteiger partial charge is 0.229 e. The van der Waals surface area contributed by atoms with Gasteiger partial charge in [-0.1, -0.05) is 24.3 Å². The largest absolute Gasteiger partial charge is 0.383 e. The standard InChI is InChI=1S/C16H18N6/c1-21-15-13(10-18-21)14(17)19-16(20-15)22-8-6-11-4-2-3-5-12(11)7-9-22/h2-5,10H,6-9H2,1H3,(H2,17,19,20). The van der Waals surface area contributed by atoms with Crippen molar-refractivity contribution < 1.29 is 0 Å². The molecule has 3 aromatic rings. The van der Waals surface area contributed by atoms with Gasteiger partial charge in [-0.2, -0.15) is 15.1 Å². The van der Waals surface area contributed by atoms with E-state index in [-0.39, 0.29) is 0 Å². The number of aryl methyl sites for hydroxylation is 1. The molecule has 112 valence electrons. The molecular weight excluding hydrogens is 276 g/mol. The van der Waals surface area contributed by atoms with Crippen LogP contribution in [0.1, 0.15) is 11.1 Å². The Morgan fingerprint density at radius 1 is 1.05 bits per heavy atom. The van der Waals surface area contributed by atoms with E-state index in [0.29, 0.717) is 11.8 Å². The van der Waals surface area contributed by atoms with Crippen molar-refractivity contribution in [3.05, 3.63) is 41.6 Å². The van der Waals surface area contributed by atoms with Crippen LogP contribution in [-0.2, 0) is 19.9 Å². The van der Waals surface area contributed by atoms with Crippen LogP contribution in [0.25, 0.3) is 11.0 Å². The SMILES string of the molecule is Cn1ncc2c(N)nc(N3CCc4ccccc4CC3)nc21. The summed E-state index contributed by atoms with van der Waals surface area (Å²) in [7, 11) is 1.87. The molecule has 0 aliphatic carbocycles. The van der Waals surface area contributed by atoms with E-state index in [1.54, 1.807) is 10.9 Å². The third-order valence-corrected chi connectivity index (χ3v) is 4.31. The van der Waals surface area contributed by atoms with E-state index in [2.05, 4.69) is 44.2 Å². The number of nitrogens with zero attached hydrogens (tertiary/aromatic N) is 5. The van der Waals surface area contributed by atoms with E-state index in [9.17, 15) is 0 Å². The second-order valence-electron chi connectivity index (χ2n) is 5.67. The van der Waals surface area contributed by atoms with Gasteiger partial charge in [0.15, 0.2) is 5.65 Å². The number of fused-ring (bicyclic) bond motifs is 2. The van der Waals surface area contributed by atoms with Gasteiger partial charge >= 0.3 is 0 Å². The van der Waals surface area contributed by atoms with E-state index in [0.717, 1.165) is 37.0 Å². The number of nitrogen functional groups attached to an aromatic ring is 1. The molecule has 1 aliphatic rings. The van der Waals surface area contributed by atoms with Gasteiger partial charge in [0, 0.05) is 20.1 Å². The summed E-state index contributed by atoms with van der Waals surface area (Å²) in [4.78, 5) is 11.4. The lowest BCUT2D eigenvalue weighted by atomic mass is 10.0. The summed E-state index contributed by atoms with van der Waals surface area (Å²) in [6.07, 6.45) is 3.72. The molecule has 0 fully saturated rings. The molecule has 0 radical (unpaired) electrons. The van der Waals surface area contributed by atoms with Crippen LogP contribution in [0, 0.1) is 0 Å². The molecule has 0 amide bonds. The fraction of sp³-hybridized carbons (Fsp3) is 0.312. The van der Waals surface area contributed by atoms with Crippen molar-refractivity contribution in [1.82, 2.24) is 19.7 Å². The van der Waals surface area contributed by atoms with Gasteiger partial charge in [0.05, 0.1) is 11.6 Å². The van der Waals surface area contributed by atoms with Crippen molar-refractivity contribution in [2.24, 2.45) is 7.05 Å². The summed E-state index contributed by atoms with van der Waals surface area (Å²) in [5, 5.41) is 5.02. The number of aromatic nitrogens is 4. The fourth-order valence-corrected chi connectivity index (χ4v) is 3.04. The van der Waals surface area contributed by atoms with Gasteiger partial charge < -0.3 is 10.6 Å². The molecule has 22 heavy (non-hydrogen) atoms. The predicted molar refractivity (Wildman–Crippen MR) is 86.8 cm³/mol. The highest BCUT2D eigenvalue weighted by molar-refractivity contribution is 5.86. The number of hydrogen-bond acceptors (Lipinski definition) is 5. The van der Waals surface area contributed by atoms with Gasteiger partial charge in [0.2, 0.25) is 5.95 Å². The Bertz CT molecular complexity index is 811. The first-order valence-electron chi connectivity index (χ1n) is 7.49. The Kier molecular flexibility index (Phi) is 2.96. The van der Waals surface area contributed by atoms with Crippen molar-refractivity contribution in [3.8, 4) is 0 Å². The van der Waals surface area contributed by atoms with Gasteiger partial charge in [-0.05, 0) is 24.0 Å². The van der Waals surface area contributed by atoms with E-state index >= 15 is 0 Å². The maximum Gasteiger partial charge on any atom is 0.229 e. The summed E-state index contributed by atoms with van der Waals surface area (Å²) in [6.45, 7) is 1.81. The topological polar surface area (TPSA) is 72.9 Å². The molecule has 0 atom stereocenters. The summed E-state index contributed by atoms with van der Waals surface area (Å²) in [5.74, 6) is 1.19. The summed E-state index contributed by atoms with van der Waals surface area (Å²) < 4.78 is 1.74. The van der Waals surface area contributed by atoms with Gasteiger partial charge in [-0.25, -0.2) is 0 Å². The zero-order chi connectivity index (χ0) is 15.1. The Hall–Kier alpha value is -2.63. The van der Waals surface area contributed by atoms with E-state index in [1.807, 2.05) is 7.05 Å². The van der Waals surface area contributed by atoms with Crippen LogP contribution in [0.15, 0.2) is 30.5 Å². The highest BCUT2D eigenvalue weighted by Crippen LogP contribution is 2.23. The third-order valence-electron chi connectivity index (χ3n) is 4.31. The minimum absolute atomic E-state index is 0.495. The Morgan fingerprint density at radius 2 is 1.73 bits per heavy atom. The van der Waals surface area contributed by atoms with E-state index in [1.165, 1.54) is 11.1 Å². The minimum Gasteiger partial charge on any atom is -0.383 e. The molecule has 2 aromatic heterocycles. The number of hydrogen-bond donors (Lipinski definition) is 1. The van der Waals surface area contributed by atoms with Crippen LogP contribution < -0.4 is 10.6 Å². The van der Waals surface area contributed by atoms with E-state index in [4.69, 9.17) is 5.73 Å². The van der Waals surface area contributed by atoms with Crippen LogP contribution in [0.2, 0.25) is 0 Å². The lowest BCUT2D eigenvalue weighted by Crippen LogP contribution is -2.28. The fourth-order valence-electron chi connectivity index (χ4n) is 3.04. The van der Waals surface area contributed by atoms with Crippen LogP contribution in [0.3, 0.4) is 0 Å². The predicted octanol–water partition coefficient (Wildman–Crippen LogP) is 1.55. The minimum atomic E-state index is 0.495. The quantitative estimate of drug-likeness (QED) is 0.737. The van der Waals surface area contributed by atoms with Crippen molar-refractivity contribution in [2.45, 2.75) is 12.8 Å². The highest BCUT2D eigenvalue weighted by Gasteiger charge is 2.18. The first kappa shape index (κ1) is 13.1. The molecule has 1 aromatic carbocycles. The molecule has 3 heterocycles. The number of nitrogens with two attached hydrogens (primary N) is 1.